The van der Waals surface area contributed by atoms with Gasteiger partial charge in [0.25, 0.3) is 0 Å². The van der Waals surface area contributed by atoms with E-state index in [-0.39, 0.29) is 0 Å². The first-order valence-corrected chi connectivity index (χ1v) is 7.95. The Morgan fingerprint density at radius 2 is 2.12 bits per heavy atom. The molecule has 1 rings (SSSR count). The highest BCUT2D eigenvalue weighted by molar-refractivity contribution is 9.10. The second-order valence-electron chi connectivity index (χ2n) is 3.83. The lowest BCUT2D eigenvalue weighted by Crippen LogP contribution is -2.04. The molecule has 0 aliphatic rings. The van der Waals surface area contributed by atoms with Crippen LogP contribution in [0.25, 0.3) is 0 Å². The maximum atomic E-state index is 4.50. The number of unbranched alkanes of at least 4 members (excludes halogenated alkanes) is 2. The van der Waals surface area contributed by atoms with Gasteiger partial charge in [-0.3, -0.25) is 0 Å². The van der Waals surface area contributed by atoms with Crippen LogP contribution in [-0.2, 0) is 0 Å². The van der Waals surface area contributed by atoms with Crippen LogP contribution in [0.1, 0.15) is 39.5 Å². The number of aromatic nitrogens is 2. The van der Waals surface area contributed by atoms with Crippen molar-refractivity contribution in [1.29, 1.82) is 0 Å². The zero-order chi connectivity index (χ0) is 12.5. The van der Waals surface area contributed by atoms with Crippen LogP contribution in [0, 0.1) is 0 Å². The van der Waals surface area contributed by atoms with Crippen LogP contribution in [0.3, 0.4) is 0 Å². The summed E-state index contributed by atoms with van der Waals surface area (Å²) in [5.74, 6) is 1.85. The van der Waals surface area contributed by atoms with Gasteiger partial charge in [-0.15, -0.1) is 11.8 Å². The molecule has 0 aliphatic heterocycles. The number of nitrogens with one attached hydrogen (secondary N) is 1. The molecule has 0 radical (unpaired) electrons. The Morgan fingerprint density at radius 3 is 2.82 bits per heavy atom. The number of halogens is 1. The van der Waals surface area contributed by atoms with Crippen LogP contribution in [0.5, 0.6) is 0 Å². The molecular formula is C12H20BrN3S. The summed E-state index contributed by atoms with van der Waals surface area (Å²) in [5, 5.41) is 4.24. The van der Waals surface area contributed by atoms with Crippen LogP contribution in [0.15, 0.2) is 15.7 Å². The van der Waals surface area contributed by atoms with Crippen molar-refractivity contribution in [2.24, 2.45) is 0 Å². The molecule has 0 aliphatic carbocycles. The van der Waals surface area contributed by atoms with Crippen LogP contribution in [0.4, 0.5) is 5.95 Å². The third kappa shape index (κ3) is 5.73. The van der Waals surface area contributed by atoms with Crippen molar-refractivity contribution >= 4 is 33.6 Å². The number of nitrogens with zero attached hydrogens (tertiary/aromatic N) is 2. The van der Waals surface area contributed by atoms with Crippen molar-refractivity contribution in [2.45, 2.75) is 44.6 Å². The second kappa shape index (κ2) is 8.75. The first kappa shape index (κ1) is 14.8. The summed E-state index contributed by atoms with van der Waals surface area (Å²) in [6, 6.07) is 0. The Hall–Kier alpha value is -0.290. The zero-order valence-corrected chi connectivity index (χ0v) is 12.9. The molecule has 0 aromatic carbocycles. The molecule has 1 aromatic heterocycles. The van der Waals surface area contributed by atoms with Crippen molar-refractivity contribution in [1.82, 2.24) is 9.97 Å². The van der Waals surface area contributed by atoms with E-state index in [2.05, 4.69) is 45.1 Å². The quantitative estimate of drug-likeness (QED) is 0.439. The summed E-state index contributed by atoms with van der Waals surface area (Å²) in [6.45, 7) is 5.27. The summed E-state index contributed by atoms with van der Waals surface area (Å²) in [4.78, 5) is 8.74. The molecule has 0 unspecified atom stereocenters. The highest BCUT2D eigenvalue weighted by atomic mass is 79.9. The number of hydrogen-bond acceptors (Lipinski definition) is 4. The monoisotopic (exact) mass is 317 g/mol. The van der Waals surface area contributed by atoms with Crippen molar-refractivity contribution in [2.75, 3.05) is 17.6 Å². The number of anilines is 1. The van der Waals surface area contributed by atoms with Gasteiger partial charge in [-0.25, -0.2) is 9.97 Å². The first-order valence-electron chi connectivity index (χ1n) is 6.17. The average molecular weight is 318 g/mol. The maximum Gasteiger partial charge on any atom is 0.223 e. The number of hydrogen-bond donors (Lipinski definition) is 1. The Balaban J connectivity index is 2.50. The molecular weight excluding hydrogens is 298 g/mol. The van der Waals surface area contributed by atoms with E-state index in [1.165, 1.54) is 19.3 Å². The van der Waals surface area contributed by atoms with Gasteiger partial charge >= 0.3 is 0 Å². The third-order valence-electron chi connectivity index (χ3n) is 2.23. The molecule has 0 bridgehead atoms. The molecule has 1 N–H and O–H groups in total. The van der Waals surface area contributed by atoms with Gasteiger partial charge in [-0.05, 0) is 34.5 Å². The fourth-order valence-electron chi connectivity index (χ4n) is 1.30. The van der Waals surface area contributed by atoms with Crippen molar-refractivity contribution in [3.63, 3.8) is 0 Å². The van der Waals surface area contributed by atoms with Crippen LogP contribution in [0.2, 0.25) is 0 Å². The summed E-state index contributed by atoms with van der Waals surface area (Å²) < 4.78 is 0.987. The van der Waals surface area contributed by atoms with Crippen LogP contribution < -0.4 is 5.32 Å². The zero-order valence-electron chi connectivity index (χ0n) is 10.5. The molecule has 0 saturated heterocycles. The summed E-state index contributed by atoms with van der Waals surface area (Å²) in [5.41, 5.74) is 0. The minimum absolute atomic E-state index is 0.730. The highest BCUT2D eigenvalue weighted by Crippen LogP contribution is 2.26. The van der Waals surface area contributed by atoms with Gasteiger partial charge in [0, 0.05) is 12.7 Å². The molecule has 0 amide bonds. The fourth-order valence-corrected chi connectivity index (χ4v) is 2.71. The summed E-state index contributed by atoms with van der Waals surface area (Å²) >= 11 is 5.29. The molecule has 1 heterocycles. The van der Waals surface area contributed by atoms with Crippen LogP contribution in [-0.4, -0.2) is 22.3 Å². The van der Waals surface area contributed by atoms with Gasteiger partial charge in [-0.1, -0.05) is 26.7 Å². The lowest BCUT2D eigenvalue weighted by atomic mass is 10.3. The van der Waals surface area contributed by atoms with Crippen molar-refractivity contribution in [3.8, 4) is 0 Å². The van der Waals surface area contributed by atoms with Crippen molar-refractivity contribution in [3.05, 3.63) is 10.7 Å². The minimum atomic E-state index is 0.730. The van der Waals surface area contributed by atoms with E-state index in [1.54, 1.807) is 11.8 Å². The lowest BCUT2D eigenvalue weighted by molar-refractivity contribution is 0.778. The topological polar surface area (TPSA) is 37.8 Å². The van der Waals surface area contributed by atoms with Gasteiger partial charge < -0.3 is 5.32 Å². The number of rotatable bonds is 8. The Kier molecular flexibility index (Phi) is 7.60. The number of thioether (sulfide) groups is 1. The summed E-state index contributed by atoms with van der Waals surface area (Å²) in [7, 11) is 0. The Labute approximate surface area is 116 Å². The van der Waals surface area contributed by atoms with E-state index < -0.39 is 0 Å². The predicted molar refractivity (Wildman–Crippen MR) is 78.8 cm³/mol. The van der Waals surface area contributed by atoms with Crippen molar-refractivity contribution < 1.29 is 0 Å². The average Bonchev–Trinajstić information content (AvgIpc) is 2.35. The van der Waals surface area contributed by atoms with Gasteiger partial charge in [0.05, 0.1) is 4.47 Å². The molecule has 3 nitrogen and oxygen atoms in total. The van der Waals surface area contributed by atoms with E-state index in [0.717, 1.165) is 34.2 Å². The van der Waals surface area contributed by atoms with Gasteiger partial charge in [0.1, 0.15) is 5.03 Å². The normalized spacial score (nSPS) is 10.5. The molecule has 17 heavy (non-hydrogen) atoms. The molecule has 1 aromatic rings. The van der Waals surface area contributed by atoms with Gasteiger partial charge in [0.15, 0.2) is 0 Å². The lowest BCUT2D eigenvalue weighted by Gasteiger charge is -2.07. The summed E-state index contributed by atoms with van der Waals surface area (Å²) in [6.07, 6.45) is 6.70. The molecule has 0 saturated carbocycles. The SMILES string of the molecule is CCCCCSc1nc(NCCC)ncc1Br. The van der Waals surface area contributed by atoms with E-state index in [9.17, 15) is 0 Å². The van der Waals surface area contributed by atoms with Crippen LogP contribution >= 0.6 is 27.7 Å². The maximum absolute atomic E-state index is 4.50. The second-order valence-corrected chi connectivity index (χ2v) is 5.77. The predicted octanol–water partition coefficient (Wildman–Crippen LogP) is 4.34. The third-order valence-corrected chi connectivity index (χ3v) is 4.15. The molecule has 96 valence electrons. The molecule has 5 heteroatoms. The Bertz CT molecular complexity index is 334. The van der Waals surface area contributed by atoms with E-state index in [0.29, 0.717) is 0 Å². The fraction of sp³-hybridized carbons (Fsp3) is 0.667. The molecule has 0 atom stereocenters. The smallest absolute Gasteiger partial charge is 0.223 e. The van der Waals surface area contributed by atoms with Gasteiger partial charge in [0.2, 0.25) is 5.95 Å². The van der Waals surface area contributed by atoms with E-state index >= 15 is 0 Å². The standard InChI is InChI=1S/C12H20BrN3S/c1-3-5-6-8-17-11-10(13)9-15-12(16-11)14-7-4-2/h9H,3-8H2,1-2H3,(H,14,15,16). The largest absolute Gasteiger partial charge is 0.354 e. The highest BCUT2D eigenvalue weighted by Gasteiger charge is 2.05. The van der Waals surface area contributed by atoms with Gasteiger partial charge in [-0.2, -0.15) is 0 Å². The van der Waals surface area contributed by atoms with E-state index in [1.807, 2.05) is 6.20 Å². The van der Waals surface area contributed by atoms with E-state index in [4.69, 9.17) is 0 Å². The first-order chi connectivity index (χ1) is 8.27. The molecule has 0 fully saturated rings. The Morgan fingerprint density at radius 1 is 1.29 bits per heavy atom. The minimum Gasteiger partial charge on any atom is -0.354 e. The molecule has 0 spiro atoms.